The van der Waals surface area contributed by atoms with Crippen molar-refractivity contribution in [1.29, 1.82) is 0 Å². The molecule has 2 fully saturated rings. The molecule has 2 aromatic rings. The average Bonchev–Trinajstić information content (AvgIpc) is 3.22. The van der Waals surface area contributed by atoms with Gasteiger partial charge >= 0.3 is 0 Å². The second kappa shape index (κ2) is 9.62. The van der Waals surface area contributed by atoms with Gasteiger partial charge in [0.25, 0.3) is 5.91 Å². The van der Waals surface area contributed by atoms with E-state index in [1.54, 1.807) is 22.9 Å². The SMILES string of the molecule is CN(CCO)C(=O)c1cc([C@H]2CN(C(=O)CN3CCCC3=O)CCO2)nc2ccccc12. The van der Waals surface area contributed by atoms with Gasteiger partial charge in [0.15, 0.2) is 0 Å². The molecule has 0 spiro atoms. The lowest BCUT2D eigenvalue weighted by Crippen LogP contribution is -2.47. The number of benzene rings is 1. The Hall–Kier alpha value is -3.04. The highest BCUT2D eigenvalue weighted by Gasteiger charge is 2.30. The van der Waals surface area contributed by atoms with Gasteiger partial charge in [-0.3, -0.25) is 14.4 Å². The van der Waals surface area contributed by atoms with Crippen molar-refractivity contribution >= 4 is 28.6 Å². The minimum absolute atomic E-state index is 0.0227. The molecule has 1 N–H and O–H groups in total. The summed E-state index contributed by atoms with van der Waals surface area (Å²) in [6, 6.07) is 9.11. The van der Waals surface area contributed by atoms with Crippen LogP contribution in [0, 0.1) is 0 Å². The van der Waals surface area contributed by atoms with Crippen molar-refractivity contribution in [2.45, 2.75) is 18.9 Å². The normalized spacial score (nSPS) is 18.9. The first-order valence-electron chi connectivity index (χ1n) is 10.9. The number of para-hydroxylation sites is 1. The number of pyridine rings is 1. The van der Waals surface area contributed by atoms with Crippen LogP contribution in [0.4, 0.5) is 0 Å². The Balaban J connectivity index is 1.57. The fourth-order valence-electron chi connectivity index (χ4n) is 4.18. The molecule has 0 aliphatic carbocycles. The lowest BCUT2D eigenvalue weighted by Gasteiger charge is -2.34. The van der Waals surface area contributed by atoms with E-state index in [9.17, 15) is 19.5 Å². The molecule has 3 amide bonds. The smallest absolute Gasteiger partial charge is 0.254 e. The summed E-state index contributed by atoms with van der Waals surface area (Å²) in [6.07, 6.45) is 0.823. The van der Waals surface area contributed by atoms with E-state index in [1.165, 1.54) is 4.90 Å². The summed E-state index contributed by atoms with van der Waals surface area (Å²) in [5.74, 6) is -0.294. The van der Waals surface area contributed by atoms with Crippen LogP contribution in [0.5, 0.6) is 0 Å². The van der Waals surface area contributed by atoms with Crippen molar-refractivity contribution in [3.63, 3.8) is 0 Å². The van der Waals surface area contributed by atoms with Gasteiger partial charge in [0.2, 0.25) is 11.8 Å². The summed E-state index contributed by atoms with van der Waals surface area (Å²) < 4.78 is 5.93. The number of likely N-dealkylation sites (tertiary alicyclic amines) is 1. The van der Waals surface area contributed by atoms with Gasteiger partial charge in [-0.25, -0.2) is 4.98 Å². The van der Waals surface area contributed by atoms with Gasteiger partial charge in [0, 0.05) is 38.5 Å². The van der Waals surface area contributed by atoms with Crippen molar-refractivity contribution < 1.29 is 24.2 Å². The molecule has 9 heteroatoms. The van der Waals surface area contributed by atoms with Crippen molar-refractivity contribution in [3.05, 3.63) is 41.6 Å². The zero-order valence-electron chi connectivity index (χ0n) is 18.2. The van der Waals surface area contributed by atoms with Crippen molar-refractivity contribution in [3.8, 4) is 0 Å². The molecule has 0 bridgehead atoms. The number of carbonyl (C=O) groups is 3. The van der Waals surface area contributed by atoms with Crippen LogP contribution in [0.15, 0.2) is 30.3 Å². The van der Waals surface area contributed by atoms with Crippen molar-refractivity contribution in [1.82, 2.24) is 19.7 Å². The van der Waals surface area contributed by atoms with E-state index in [1.807, 2.05) is 24.3 Å². The van der Waals surface area contributed by atoms with E-state index in [0.29, 0.717) is 49.4 Å². The highest BCUT2D eigenvalue weighted by molar-refractivity contribution is 6.06. The Morgan fingerprint density at radius 2 is 2.09 bits per heavy atom. The number of aliphatic hydroxyl groups is 1. The van der Waals surface area contributed by atoms with Gasteiger partial charge < -0.3 is 24.5 Å². The number of hydrogen-bond donors (Lipinski definition) is 1. The summed E-state index contributed by atoms with van der Waals surface area (Å²) in [5, 5.41) is 9.94. The zero-order chi connectivity index (χ0) is 22.7. The highest BCUT2D eigenvalue weighted by atomic mass is 16.5. The fourth-order valence-corrected chi connectivity index (χ4v) is 4.18. The number of nitrogens with zero attached hydrogens (tertiary/aromatic N) is 4. The van der Waals surface area contributed by atoms with Gasteiger partial charge in [-0.05, 0) is 18.6 Å². The van der Waals surface area contributed by atoms with E-state index < -0.39 is 6.10 Å². The molecule has 1 atom stereocenters. The number of aliphatic hydroxyl groups excluding tert-OH is 1. The highest BCUT2D eigenvalue weighted by Crippen LogP contribution is 2.27. The van der Waals surface area contributed by atoms with Crippen LogP contribution >= 0.6 is 0 Å². The van der Waals surface area contributed by atoms with Crippen LogP contribution in [-0.2, 0) is 14.3 Å². The molecular formula is C23H28N4O5. The van der Waals surface area contributed by atoms with Crippen molar-refractivity contribution in [2.75, 3.05) is 53.0 Å². The summed E-state index contributed by atoms with van der Waals surface area (Å²) in [6.45, 7) is 1.93. The number of fused-ring (bicyclic) bond motifs is 1. The Labute approximate surface area is 186 Å². The third-order valence-electron chi connectivity index (χ3n) is 6.00. The van der Waals surface area contributed by atoms with Crippen molar-refractivity contribution in [2.24, 2.45) is 0 Å². The number of morpholine rings is 1. The first-order chi connectivity index (χ1) is 15.5. The maximum absolute atomic E-state index is 13.0. The monoisotopic (exact) mass is 440 g/mol. The van der Waals surface area contributed by atoms with Crippen LogP contribution in [0.25, 0.3) is 10.9 Å². The van der Waals surface area contributed by atoms with E-state index in [4.69, 9.17) is 9.72 Å². The first kappa shape index (κ1) is 22.2. The van der Waals surface area contributed by atoms with E-state index in [2.05, 4.69) is 0 Å². The second-order valence-corrected chi connectivity index (χ2v) is 8.18. The zero-order valence-corrected chi connectivity index (χ0v) is 18.2. The summed E-state index contributed by atoms with van der Waals surface area (Å²) in [5.41, 5.74) is 1.73. The molecule has 9 nitrogen and oxygen atoms in total. The van der Waals surface area contributed by atoms with Gasteiger partial charge in [0.1, 0.15) is 6.10 Å². The number of hydrogen-bond acceptors (Lipinski definition) is 6. The number of amides is 3. The minimum Gasteiger partial charge on any atom is -0.395 e. The topological polar surface area (TPSA) is 103 Å². The van der Waals surface area contributed by atoms with E-state index in [-0.39, 0.29) is 37.4 Å². The van der Waals surface area contributed by atoms with Crippen LogP contribution < -0.4 is 0 Å². The predicted molar refractivity (Wildman–Crippen MR) is 117 cm³/mol. The quantitative estimate of drug-likeness (QED) is 0.714. The maximum Gasteiger partial charge on any atom is 0.254 e. The standard InChI is InChI=1S/C23H28N4O5/c1-25(9-11-28)23(31)17-13-19(24-18-6-3-2-5-16(17)18)20-14-27(10-12-32-20)22(30)15-26-8-4-7-21(26)29/h2-3,5-6,13,20,28H,4,7-12,14-15H2,1H3/t20-/m1/s1. The molecule has 170 valence electrons. The molecule has 2 aliphatic rings. The van der Waals surface area contributed by atoms with Gasteiger partial charge in [-0.1, -0.05) is 18.2 Å². The second-order valence-electron chi connectivity index (χ2n) is 8.18. The number of aromatic nitrogens is 1. The summed E-state index contributed by atoms with van der Waals surface area (Å²) >= 11 is 0. The molecule has 4 rings (SSSR count). The molecular weight excluding hydrogens is 412 g/mol. The molecule has 3 heterocycles. The third kappa shape index (κ3) is 4.58. The molecule has 0 radical (unpaired) electrons. The molecule has 2 saturated heterocycles. The van der Waals surface area contributed by atoms with Gasteiger partial charge in [0.05, 0.1) is 43.1 Å². The lowest BCUT2D eigenvalue weighted by molar-refractivity contribution is -0.143. The molecule has 1 aromatic heterocycles. The molecule has 2 aliphatic heterocycles. The van der Waals surface area contributed by atoms with Gasteiger partial charge in [-0.2, -0.15) is 0 Å². The van der Waals surface area contributed by atoms with E-state index in [0.717, 1.165) is 11.8 Å². The number of ether oxygens (including phenoxy) is 1. The molecule has 0 unspecified atom stereocenters. The van der Waals surface area contributed by atoms with E-state index >= 15 is 0 Å². The molecule has 1 aromatic carbocycles. The van der Waals surface area contributed by atoms with Crippen LogP contribution in [0.2, 0.25) is 0 Å². The number of likely N-dealkylation sites (N-methyl/N-ethyl adjacent to an activating group) is 1. The van der Waals surface area contributed by atoms with Crippen LogP contribution in [0.3, 0.4) is 0 Å². The first-order valence-corrected chi connectivity index (χ1v) is 10.9. The molecule has 32 heavy (non-hydrogen) atoms. The maximum atomic E-state index is 13.0. The van der Waals surface area contributed by atoms with Crippen LogP contribution in [0.1, 0.15) is 35.0 Å². The Bertz CT molecular complexity index is 1030. The Kier molecular flexibility index (Phi) is 6.66. The number of carbonyl (C=O) groups excluding carboxylic acids is 3. The predicted octanol–water partition coefficient (Wildman–Crippen LogP) is 0.821. The summed E-state index contributed by atoms with van der Waals surface area (Å²) in [7, 11) is 1.64. The van der Waals surface area contributed by atoms with Gasteiger partial charge in [-0.15, -0.1) is 0 Å². The largest absolute Gasteiger partial charge is 0.395 e. The Morgan fingerprint density at radius 1 is 1.28 bits per heavy atom. The molecule has 0 saturated carbocycles. The Morgan fingerprint density at radius 3 is 2.84 bits per heavy atom. The van der Waals surface area contributed by atoms with Crippen LogP contribution in [-0.4, -0.2) is 95.5 Å². The third-order valence-corrected chi connectivity index (χ3v) is 6.00. The summed E-state index contributed by atoms with van der Waals surface area (Å²) in [4.78, 5) is 47.2. The minimum atomic E-state index is -0.471. The fraction of sp³-hybridized carbons (Fsp3) is 0.478. The number of rotatable bonds is 6. The lowest BCUT2D eigenvalue weighted by atomic mass is 10.0. The average molecular weight is 441 g/mol.